The lowest BCUT2D eigenvalue weighted by Gasteiger charge is -2.13. The quantitative estimate of drug-likeness (QED) is 0.741. The molecular weight excluding hydrogens is 304 g/mol. The van der Waals surface area contributed by atoms with Crippen LogP contribution in [0.4, 0.5) is 0 Å². The lowest BCUT2D eigenvalue weighted by atomic mass is 10.0. The summed E-state index contributed by atoms with van der Waals surface area (Å²) in [5.74, 6) is 2.66. The minimum absolute atomic E-state index is 0.283. The highest BCUT2D eigenvalue weighted by Gasteiger charge is 2.08. The molecule has 0 bridgehead atoms. The van der Waals surface area contributed by atoms with E-state index >= 15 is 0 Å². The standard InChI is InChI=1S/C20H26O4/c1-4-23-18-12-10-16(20(14-18)24-5-2)8-6-7-15-9-11-17(22-3)13-19(15)21/h9-14,21H,4-8H2,1-3H3. The Kier molecular flexibility index (Phi) is 6.79. The Morgan fingerprint density at radius 1 is 0.833 bits per heavy atom. The third kappa shape index (κ3) is 4.82. The molecule has 130 valence electrons. The number of hydrogen-bond acceptors (Lipinski definition) is 4. The SMILES string of the molecule is CCOc1ccc(CCCc2ccc(OC)cc2O)c(OCC)c1. The third-order valence-corrected chi connectivity index (χ3v) is 3.83. The Bertz CT molecular complexity index is 652. The molecule has 1 N–H and O–H groups in total. The van der Waals surface area contributed by atoms with Crippen molar-refractivity contribution in [3.63, 3.8) is 0 Å². The van der Waals surface area contributed by atoms with Crippen LogP contribution in [-0.2, 0) is 12.8 Å². The largest absolute Gasteiger partial charge is 0.508 e. The van der Waals surface area contributed by atoms with E-state index in [-0.39, 0.29) is 5.75 Å². The van der Waals surface area contributed by atoms with Gasteiger partial charge in [-0.25, -0.2) is 0 Å². The zero-order valence-corrected chi connectivity index (χ0v) is 14.7. The molecule has 0 saturated heterocycles. The third-order valence-electron chi connectivity index (χ3n) is 3.83. The summed E-state index contributed by atoms with van der Waals surface area (Å²) in [6.07, 6.45) is 2.61. The van der Waals surface area contributed by atoms with Crippen molar-refractivity contribution < 1.29 is 19.3 Å². The number of phenols is 1. The molecule has 0 heterocycles. The van der Waals surface area contributed by atoms with Crippen LogP contribution >= 0.6 is 0 Å². The number of hydrogen-bond donors (Lipinski definition) is 1. The highest BCUT2D eigenvalue weighted by molar-refractivity contribution is 5.42. The Hall–Kier alpha value is -2.36. The van der Waals surface area contributed by atoms with Crippen LogP contribution in [0.15, 0.2) is 36.4 Å². The van der Waals surface area contributed by atoms with Crippen molar-refractivity contribution in [3.05, 3.63) is 47.5 Å². The van der Waals surface area contributed by atoms with E-state index in [0.29, 0.717) is 19.0 Å². The number of benzene rings is 2. The average Bonchev–Trinajstić information content (AvgIpc) is 2.58. The molecule has 2 aromatic rings. The monoisotopic (exact) mass is 330 g/mol. The number of aryl methyl sites for hydroxylation is 2. The van der Waals surface area contributed by atoms with E-state index < -0.39 is 0 Å². The van der Waals surface area contributed by atoms with Crippen LogP contribution in [0.5, 0.6) is 23.0 Å². The predicted octanol–water partition coefficient (Wildman–Crippen LogP) is 4.37. The first-order valence-corrected chi connectivity index (χ1v) is 8.42. The summed E-state index contributed by atoms with van der Waals surface area (Å²) in [6.45, 7) is 5.21. The summed E-state index contributed by atoms with van der Waals surface area (Å²) in [6, 6.07) is 11.4. The average molecular weight is 330 g/mol. The second kappa shape index (κ2) is 9.06. The van der Waals surface area contributed by atoms with E-state index in [4.69, 9.17) is 14.2 Å². The first-order valence-electron chi connectivity index (χ1n) is 8.42. The van der Waals surface area contributed by atoms with Crippen molar-refractivity contribution in [3.8, 4) is 23.0 Å². The van der Waals surface area contributed by atoms with Crippen LogP contribution < -0.4 is 14.2 Å². The van der Waals surface area contributed by atoms with Gasteiger partial charge in [0.1, 0.15) is 23.0 Å². The molecule has 0 saturated carbocycles. The number of methoxy groups -OCH3 is 1. The van der Waals surface area contributed by atoms with Crippen molar-refractivity contribution in [2.75, 3.05) is 20.3 Å². The van der Waals surface area contributed by atoms with Gasteiger partial charge in [0, 0.05) is 12.1 Å². The second-order valence-corrected chi connectivity index (χ2v) is 5.48. The van der Waals surface area contributed by atoms with E-state index in [0.717, 1.165) is 41.9 Å². The van der Waals surface area contributed by atoms with E-state index in [9.17, 15) is 5.11 Å². The van der Waals surface area contributed by atoms with Crippen LogP contribution in [0.1, 0.15) is 31.4 Å². The summed E-state index contributed by atoms with van der Waals surface area (Å²) >= 11 is 0. The number of phenolic OH excluding ortho intramolecular Hbond substituents is 1. The van der Waals surface area contributed by atoms with Gasteiger partial charge in [0.05, 0.1) is 20.3 Å². The fourth-order valence-corrected chi connectivity index (χ4v) is 2.64. The molecule has 0 aliphatic rings. The lowest BCUT2D eigenvalue weighted by Crippen LogP contribution is -2.00. The highest BCUT2D eigenvalue weighted by atomic mass is 16.5. The molecule has 24 heavy (non-hydrogen) atoms. The van der Waals surface area contributed by atoms with Gasteiger partial charge in [-0.1, -0.05) is 12.1 Å². The summed E-state index contributed by atoms with van der Waals surface area (Å²) < 4.78 is 16.4. The lowest BCUT2D eigenvalue weighted by molar-refractivity contribution is 0.320. The Labute approximate surface area is 144 Å². The van der Waals surface area contributed by atoms with Crippen molar-refractivity contribution in [1.82, 2.24) is 0 Å². The van der Waals surface area contributed by atoms with Gasteiger partial charge in [0.25, 0.3) is 0 Å². The second-order valence-electron chi connectivity index (χ2n) is 5.48. The van der Waals surface area contributed by atoms with E-state index in [1.807, 2.05) is 38.1 Å². The first-order chi connectivity index (χ1) is 11.7. The topological polar surface area (TPSA) is 47.9 Å². The van der Waals surface area contributed by atoms with Gasteiger partial charge in [0.15, 0.2) is 0 Å². The van der Waals surface area contributed by atoms with Gasteiger partial charge in [-0.15, -0.1) is 0 Å². The smallest absolute Gasteiger partial charge is 0.126 e. The Balaban J connectivity index is 2.00. The molecule has 4 heteroatoms. The molecule has 0 spiro atoms. The molecule has 0 unspecified atom stereocenters. The molecular formula is C20H26O4. The number of ether oxygens (including phenoxy) is 3. The maximum atomic E-state index is 10.0. The van der Waals surface area contributed by atoms with Gasteiger partial charge in [-0.2, -0.15) is 0 Å². The van der Waals surface area contributed by atoms with E-state index in [2.05, 4.69) is 6.07 Å². The van der Waals surface area contributed by atoms with E-state index in [1.54, 1.807) is 13.2 Å². The minimum Gasteiger partial charge on any atom is -0.508 e. The zero-order valence-electron chi connectivity index (χ0n) is 14.7. The minimum atomic E-state index is 0.283. The molecule has 2 rings (SSSR count). The number of rotatable bonds is 9. The van der Waals surface area contributed by atoms with Crippen molar-refractivity contribution >= 4 is 0 Å². The zero-order chi connectivity index (χ0) is 17.4. The van der Waals surface area contributed by atoms with Crippen LogP contribution in [-0.4, -0.2) is 25.4 Å². The molecule has 0 atom stereocenters. The fraction of sp³-hybridized carbons (Fsp3) is 0.400. The molecule has 2 aromatic carbocycles. The van der Waals surface area contributed by atoms with Crippen molar-refractivity contribution in [1.29, 1.82) is 0 Å². The summed E-state index contributed by atoms with van der Waals surface area (Å²) in [4.78, 5) is 0. The van der Waals surface area contributed by atoms with Crippen LogP contribution in [0, 0.1) is 0 Å². The number of aromatic hydroxyl groups is 1. The van der Waals surface area contributed by atoms with Crippen LogP contribution in [0.2, 0.25) is 0 Å². The molecule has 0 aromatic heterocycles. The summed E-state index contributed by atoms with van der Waals surface area (Å²) in [7, 11) is 1.59. The molecule has 0 aliphatic carbocycles. The molecule has 0 aliphatic heterocycles. The molecule has 4 nitrogen and oxygen atoms in total. The van der Waals surface area contributed by atoms with Crippen LogP contribution in [0.25, 0.3) is 0 Å². The maximum Gasteiger partial charge on any atom is 0.126 e. The Morgan fingerprint density at radius 2 is 1.50 bits per heavy atom. The van der Waals surface area contributed by atoms with Gasteiger partial charge in [0.2, 0.25) is 0 Å². The van der Waals surface area contributed by atoms with Gasteiger partial charge >= 0.3 is 0 Å². The molecule has 0 radical (unpaired) electrons. The van der Waals surface area contributed by atoms with E-state index in [1.165, 1.54) is 0 Å². The van der Waals surface area contributed by atoms with Gasteiger partial charge < -0.3 is 19.3 Å². The molecule has 0 amide bonds. The van der Waals surface area contributed by atoms with Crippen LogP contribution in [0.3, 0.4) is 0 Å². The molecule has 0 fully saturated rings. The van der Waals surface area contributed by atoms with Gasteiger partial charge in [-0.3, -0.25) is 0 Å². The van der Waals surface area contributed by atoms with Gasteiger partial charge in [-0.05, 0) is 56.4 Å². The van der Waals surface area contributed by atoms with Crippen molar-refractivity contribution in [2.45, 2.75) is 33.1 Å². The first kappa shape index (κ1) is 18.0. The van der Waals surface area contributed by atoms with Crippen molar-refractivity contribution in [2.24, 2.45) is 0 Å². The highest BCUT2D eigenvalue weighted by Crippen LogP contribution is 2.28. The normalized spacial score (nSPS) is 10.5. The predicted molar refractivity (Wildman–Crippen MR) is 95.5 cm³/mol. The fourth-order valence-electron chi connectivity index (χ4n) is 2.64. The summed E-state index contributed by atoms with van der Waals surface area (Å²) in [5.41, 5.74) is 2.09. The Morgan fingerprint density at radius 3 is 2.17 bits per heavy atom. The maximum absolute atomic E-state index is 10.0. The summed E-state index contributed by atoms with van der Waals surface area (Å²) in [5, 5.41) is 10.0.